The molecule has 1 saturated heterocycles. The van der Waals surface area contributed by atoms with Crippen LogP contribution in [0.2, 0.25) is 0 Å². The highest BCUT2D eigenvalue weighted by Crippen LogP contribution is 2.32. The number of amides is 1. The summed E-state index contributed by atoms with van der Waals surface area (Å²) in [6.07, 6.45) is 2.20. The minimum absolute atomic E-state index is 0.0552. The van der Waals surface area contributed by atoms with E-state index >= 15 is 0 Å². The Balaban J connectivity index is 1.27. The lowest BCUT2D eigenvalue weighted by molar-refractivity contribution is 0.0621. The highest BCUT2D eigenvalue weighted by Gasteiger charge is 2.24. The van der Waals surface area contributed by atoms with Crippen LogP contribution >= 0.6 is 0 Å². The molecule has 0 aliphatic carbocycles. The lowest BCUT2D eigenvalue weighted by Gasteiger charge is -2.34. The quantitative estimate of drug-likeness (QED) is 0.719. The molecule has 29 heavy (non-hydrogen) atoms. The predicted octanol–water partition coefficient (Wildman–Crippen LogP) is 2.38. The summed E-state index contributed by atoms with van der Waals surface area (Å²) in [5.41, 5.74) is 1.58. The molecule has 3 heterocycles. The molecule has 1 aromatic carbocycles. The number of anilines is 1. The van der Waals surface area contributed by atoms with Crippen LogP contribution in [-0.2, 0) is 6.54 Å². The van der Waals surface area contributed by atoms with Crippen molar-refractivity contribution in [3.63, 3.8) is 0 Å². The van der Waals surface area contributed by atoms with Crippen molar-refractivity contribution in [3.05, 3.63) is 41.6 Å². The molecule has 4 rings (SSSR count). The fourth-order valence-electron chi connectivity index (χ4n) is 3.50. The number of nitrogens with zero attached hydrogens (tertiary/aromatic N) is 4. The first kappa shape index (κ1) is 19.4. The number of ether oxygens (including phenoxy) is 2. The van der Waals surface area contributed by atoms with Crippen LogP contribution in [0, 0.1) is 0 Å². The first-order chi connectivity index (χ1) is 14.2. The van der Waals surface area contributed by atoms with Crippen LogP contribution in [0.3, 0.4) is 0 Å². The molecular weight excluding hydrogens is 370 g/mol. The molecule has 0 unspecified atom stereocenters. The van der Waals surface area contributed by atoms with E-state index in [0.717, 1.165) is 50.5 Å². The van der Waals surface area contributed by atoms with Gasteiger partial charge in [-0.05, 0) is 36.2 Å². The molecular formula is C21H27N5O3. The standard InChI is InChI=1S/C21H27N5O3/c1-2-3-8-22-20-7-5-17(23-24-20)21(27)26-11-9-25(10-12-26)14-16-4-6-18-19(13-16)29-15-28-18/h4-7,13H,2-3,8-12,14-15H2,1H3,(H,22,24). The van der Waals surface area contributed by atoms with Crippen molar-refractivity contribution in [2.45, 2.75) is 26.3 Å². The van der Waals surface area contributed by atoms with E-state index in [4.69, 9.17) is 9.47 Å². The number of piperazine rings is 1. The average Bonchev–Trinajstić information content (AvgIpc) is 3.22. The second-order valence-electron chi connectivity index (χ2n) is 7.34. The van der Waals surface area contributed by atoms with Crippen LogP contribution in [0.4, 0.5) is 5.82 Å². The van der Waals surface area contributed by atoms with E-state index in [0.29, 0.717) is 24.6 Å². The second kappa shape index (κ2) is 9.09. The summed E-state index contributed by atoms with van der Waals surface area (Å²) >= 11 is 0. The van der Waals surface area contributed by atoms with Crippen molar-refractivity contribution < 1.29 is 14.3 Å². The zero-order valence-electron chi connectivity index (χ0n) is 16.8. The van der Waals surface area contributed by atoms with E-state index in [1.54, 1.807) is 6.07 Å². The first-order valence-electron chi connectivity index (χ1n) is 10.2. The molecule has 1 aromatic heterocycles. The third-order valence-electron chi connectivity index (χ3n) is 5.22. The van der Waals surface area contributed by atoms with E-state index in [-0.39, 0.29) is 12.7 Å². The number of nitrogens with one attached hydrogen (secondary N) is 1. The molecule has 1 amide bonds. The molecule has 0 atom stereocenters. The number of rotatable bonds is 7. The van der Waals surface area contributed by atoms with Gasteiger partial charge in [0.1, 0.15) is 5.82 Å². The summed E-state index contributed by atoms with van der Waals surface area (Å²) in [6, 6.07) is 9.63. The Hall–Kier alpha value is -2.87. The van der Waals surface area contributed by atoms with Crippen LogP contribution in [-0.4, -0.2) is 65.4 Å². The monoisotopic (exact) mass is 397 g/mol. The van der Waals surface area contributed by atoms with Crippen LogP contribution < -0.4 is 14.8 Å². The van der Waals surface area contributed by atoms with Crippen LogP contribution in [0.1, 0.15) is 35.8 Å². The second-order valence-corrected chi connectivity index (χ2v) is 7.34. The normalized spacial score (nSPS) is 16.1. The number of aromatic nitrogens is 2. The molecule has 2 aliphatic heterocycles. The summed E-state index contributed by atoms with van der Waals surface area (Å²) < 4.78 is 10.8. The van der Waals surface area contributed by atoms with Crippen molar-refractivity contribution in [2.24, 2.45) is 0 Å². The Labute approximate surface area is 170 Å². The number of carbonyl (C=O) groups excluding carboxylic acids is 1. The third-order valence-corrected chi connectivity index (χ3v) is 5.22. The number of unbranched alkanes of at least 4 members (excludes halogenated alkanes) is 1. The molecule has 0 radical (unpaired) electrons. The van der Waals surface area contributed by atoms with Crippen molar-refractivity contribution >= 4 is 11.7 Å². The molecule has 1 fully saturated rings. The molecule has 0 bridgehead atoms. The summed E-state index contributed by atoms with van der Waals surface area (Å²) in [5, 5.41) is 11.4. The average molecular weight is 397 g/mol. The molecule has 2 aromatic rings. The molecule has 0 spiro atoms. The molecule has 0 saturated carbocycles. The molecule has 1 N–H and O–H groups in total. The fraction of sp³-hybridized carbons (Fsp3) is 0.476. The Kier molecular flexibility index (Phi) is 6.09. The number of benzene rings is 1. The summed E-state index contributed by atoms with van der Waals surface area (Å²) in [4.78, 5) is 16.9. The largest absolute Gasteiger partial charge is 0.454 e. The highest BCUT2D eigenvalue weighted by atomic mass is 16.7. The van der Waals surface area contributed by atoms with Gasteiger partial charge in [-0.3, -0.25) is 9.69 Å². The maximum absolute atomic E-state index is 12.7. The maximum Gasteiger partial charge on any atom is 0.274 e. The molecule has 2 aliphatic rings. The van der Waals surface area contributed by atoms with E-state index in [1.165, 1.54) is 5.56 Å². The molecule has 8 heteroatoms. The van der Waals surface area contributed by atoms with Gasteiger partial charge < -0.3 is 19.7 Å². The van der Waals surface area contributed by atoms with Crippen molar-refractivity contribution in [2.75, 3.05) is 44.8 Å². The SMILES string of the molecule is CCCCNc1ccc(C(=O)N2CCN(Cc3ccc4c(c3)OCO4)CC2)nn1. The zero-order chi connectivity index (χ0) is 20.1. The van der Waals surface area contributed by atoms with Gasteiger partial charge in [0.2, 0.25) is 6.79 Å². The van der Waals surface area contributed by atoms with E-state index in [9.17, 15) is 4.79 Å². The third kappa shape index (κ3) is 4.76. The lowest BCUT2D eigenvalue weighted by atomic mass is 10.1. The van der Waals surface area contributed by atoms with Crippen molar-refractivity contribution in [1.29, 1.82) is 0 Å². The highest BCUT2D eigenvalue weighted by molar-refractivity contribution is 5.92. The van der Waals surface area contributed by atoms with E-state index < -0.39 is 0 Å². The van der Waals surface area contributed by atoms with E-state index in [2.05, 4.69) is 33.4 Å². The summed E-state index contributed by atoms with van der Waals surface area (Å²) in [7, 11) is 0. The summed E-state index contributed by atoms with van der Waals surface area (Å²) in [5.74, 6) is 2.27. The molecule has 8 nitrogen and oxygen atoms in total. The minimum atomic E-state index is -0.0552. The fourth-order valence-corrected chi connectivity index (χ4v) is 3.50. The van der Waals surface area contributed by atoms with Crippen LogP contribution in [0.25, 0.3) is 0 Å². The van der Waals surface area contributed by atoms with Crippen molar-refractivity contribution in [1.82, 2.24) is 20.0 Å². The molecule has 154 valence electrons. The first-order valence-corrected chi connectivity index (χ1v) is 10.2. The Morgan fingerprint density at radius 3 is 2.66 bits per heavy atom. The Morgan fingerprint density at radius 1 is 1.07 bits per heavy atom. The zero-order valence-corrected chi connectivity index (χ0v) is 16.8. The lowest BCUT2D eigenvalue weighted by Crippen LogP contribution is -2.48. The topological polar surface area (TPSA) is 79.8 Å². The van der Waals surface area contributed by atoms with Gasteiger partial charge in [-0.25, -0.2) is 0 Å². The van der Waals surface area contributed by atoms with Gasteiger partial charge in [0, 0.05) is 39.3 Å². The number of fused-ring (bicyclic) bond motifs is 1. The van der Waals surface area contributed by atoms with Crippen molar-refractivity contribution in [3.8, 4) is 11.5 Å². The van der Waals surface area contributed by atoms with Gasteiger partial charge in [-0.15, -0.1) is 10.2 Å². The van der Waals surface area contributed by atoms with E-state index in [1.807, 2.05) is 23.1 Å². The number of carbonyl (C=O) groups is 1. The van der Waals surface area contributed by atoms with Crippen LogP contribution in [0.15, 0.2) is 30.3 Å². The Bertz CT molecular complexity index is 835. The number of hydrogen-bond donors (Lipinski definition) is 1. The smallest absolute Gasteiger partial charge is 0.274 e. The van der Waals surface area contributed by atoms with Gasteiger partial charge >= 0.3 is 0 Å². The van der Waals surface area contributed by atoms with Gasteiger partial charge in [-0.2, -0.15) is 0 Å². The summed E-state index contributed by atoms with van der Waals surface area (Å²) in [6.45, 7) is 7.14. The number of hydrogen-bond acceptors (Lipinski definition) is 7. The van der Waals surface area contributed by atoms with Crippen LogP contribution in [0.5, 0.6) is 11.5 Å². The van der Waals surface area contributed by atoms with Gasteiger partial charge in [0.15, 0.2) is 17.2 Å². The minimum Gasteiger partial charge on any atom is -0.454 e. The van der Waals surface area contributed by atoms with Gasteiger partial charge in [0.25, 0.3) is 5.91 Å². The maximum atomic E-state index is 12.7. The van der Waals surface area contributed by atoms with Gasteiger partial charge in [0.05, 0.1) is 0 Å². The van der Waals surface area contributed by atoms with Gasteiger partial charge in [-0.1, -0.05) is 19.4 Å². The Morgan fingerprint density at radius 2 is 1.90 bits per heavy atom. The predicted molar refractivity (Wildman–Crippen MR) is 109 cm³/mol.